The molecule has 0 radical (unpaired) electrons. The first-order valence-electron chi connectivity index (χ1n) is 10.4. The second-order valence-electron chi connectivity index (χ2n) is 8.46. The predicted molar refractivity (Wildman–Crippen MR) is 126 cm³/mol. The lowest BCUT2D eigenvalue weighted by molar-refractivity contribution is 0.0950. The van der Waals surface area contributed by atoms with Crippen LogP contribution in [-0.2, 0) is 23.1 Å². The number of nitrogens with zero attached hydrogens (tertiary/aromatic N) is 1. The Bertz CT molecular complexity index is 996. The van der Waals surface area contributed by atoms with Crippen LogP contribution in [-0.4, -0.2) is 37.9 Å². The fraction of sp³-hybridized carbons (Fsp3) is 0.435. The van der Waals surface area contributed by atoms with Gasteiger partial charge in [-0.1, -0.05) is 49.7 Å². The fourth-order valence-corrected chi connectivity index (χ4v) is 5.01. The van der Waals surface area contributed by atoms with Gasteiger partial charge in [-0.2, -0.15) is 0 Å². The normalized spacial score (nSPS) is 12.2. The minimum Gasteiger partial charge on any atom is -0.348 e. The molecular weight excluding hydrogens is 434 g/mol. The second-order valence-corrected chi connectivity index (χ2v) is 10.5. The van der Waals surface area contributed by atoms with Gasteiger partial charge in [-0.05, 0) is 63.2 Å². The third kappa shape index (κ3) is 7.61. The van der Waals surface area contributed by atoms with Gasteiger partial charge in [-0.15, -0.1) is 0 Å². The summed E-state index contributed by atoms with van der Waals surface area (Å²) < 4.78 is 27.8. The molecule has 0 atom stereocenters. The molecular formula is C23H32ClN3O3S. The second kappa shape index (κ2) is 10.6. The first-order chi connectivity index (χ1) is 14.4. The molecule has 2 aromatic carbocycles. The minimum absolute atomic E-state index is 0.0668. The predicted octanol–water partition coefficient (Wildman–Crippen LogP) is 4.19. The van der Waals surface area contributed by atoms with E-state index in [0.717, 1.165) is 25.2 Å². The highest BCUT2D eigenvalue weighted by atomic mass is 35.5. The number of carbonyl (C=O) groups excluding carboxylic acids is 1. The van der Waals surface area contributed by atoms with Gasteiger partial charge in [-0.3, -0.25) is 9.69 Å². The SMILES string of the molecule is CCN(CC)Cc1ccc(CNC(=O)c2ccc(Cl)c(S(=O)(=O)NC(C)(C)C)c2)cc1. The average molecular weight is 466 g/mol. The van der Waals surface area contributed by atoms with Crippen LogP contribution in [0.5, 0.6) is 0 Å². The summed E-state index contributed by atoms with van der Waals surface area (Å²) in [6.07, 6.45) is 0. The Morgan fingerprint density at radius 1 is 1.00 bits per heavy atom. The lowest BCUT2D eigenvalue weighted by atomic mass is 10.1. The molecule has 2 N–H and O–H groups in total. The van der Waals surface area contributed by atoms with Crippen LogP contribution < -0.4 is 10.0 Å². The quantitative estimate of drug-likeness (QED) is 0.582. The number of hydrogen-bond donors (Lipinski definition) is 2. The van der Waals surface area contributed by atoms with E-state index >= 15 is 0 Å². The fourth-order valence-electron chi connectivity index (χ4n) is 3.06. The number of benzene rings is 2. The van der Waals surface area contributed by atoms with Crippen molar-refractivity contribution in [1.29, 1.82) is 0 Å². The molecule has 0 fully saturated rings. The Labute approximate surface area is 191 Å². The molecule has 0 aliphatic rings. The summed E-state index contributed by atoms with van der Waals surface area (Å²) in [5.41, 5.74) is 1.75. The maximum atomic E-state index is 12.6. The number of rotatable bonds is 9. The Hall–Kier alpha value is -1.93. The first kappa shape index (κ1) is 25.3. The van der Waals surface area contributed by atoms with Gasteiger partial charge in [0.05, 0.1) is 5.02 Å². The Morgan fingerprint density at radius 3 is 2.13 bits per heavy atom. The zero-order valence-corrected chi connectivity index (χ0v) is 20.4. The van der Waals surface area contributed by atoms with E-state index in [1.165, 1.54) is 23.8 Å². The molecule has 0 saturated heterocycles. The number of amides is 1. The summed E-state index contributed by atoms with van der Waals surface area (Å²) in [4.78, 5) is 14.8. The molecule has 0 bridgehead atoms. The van der Waals surface area contributed by atoms with E-state index in [0.29, 0.717) is 6.54 Å². The molecule has 0 saturated carbocycles. The smallest absolute Gasteiger partial charge is 0.251 e. The van der Waals surface area contributed by atoms with Crippen LogP contribution in [0.25, 0.3) is 0 Å². The van der Waals surface area contributed by atoms with Crippen molar-refractivity contribution in [3.63, 3.8) is 0 Å². The third-order valence-electron chi connectivity index (χ3n) is 4.70. The van der Waals surface area contributed by atoms with Gasteiger partial charge in [0.15, 0.2) is 0 Å². The van der Waals surface area contributed by atoms with Crippen LogP contribution in [0.4, 0.5) is 0 Å². The van der Waals surface area contributed by atoms with Crippen molar-refractivity contribution in [3.8, 4) is 0 Å². The maximum absolute atomic E-state index is 12.6. The van der Waals surface area contributed by atoms with Gasteiger partial charge in [0.2, 0.25) is 10.0 Å². The van der Waals surface area contributed by atoms with Gasteiger partial charge < -0.3 is 5.32 Å². The van der Waals surface area contributed by atoms with E-state index in [1.54, 1.807) is 20.8 Å². The number of carbonyl (C=O) groups is 1. The average Bonchev–Trinajstić information content (AvgIpc) is 2.69. The van der Waals surface area contributed by atoms with Crippen molar-refractivity contribution >= 4 is 27.5 Å². The minimum atomic E-state index is -3.86. The summed E-state index contributed by atoms with van der Waals surface area (Å²) >= 11 is 6.10. The highest BCUT2D eigenvalue weighted by molar-refractivity contribution is 7.89. The highest BCUT2D eigenvalue weighted by Gasteiger charge is 2.25. The summed E-state index contributed by atoms with van der Waals surface area (Å²) in [5.74, 6) is -0.365. The van der Waals surface area contributed by atoms with Crippen molar-refractivity contribution in [2.75, 3.05) is 13.1 Å². The first-order valence-corrected chi connectivity index (χ1v) is 12.2. The van der Waals surface area contributed by atoms with Gasteiger partial charge in [0.1, 0.15) is 4.90 Å². The van der Waals surface area contributed by atoms with E-state index in [1.807, 2.05) is 12.1 Å². The van der Waals surface area contributed by atoms with Crippen LogP contribution >= 0.6 is 11.6 Å². The van der Waals surface area contributed by atoms with Gasteiger partial charge in [0, 0.05) is 24.2 Å². The molecule has 6 nitrogen and oxygen atoms in total. The molecule has 1 amide bonds. The standard InChI is InChI=1S/C23H32ClN3O3S/c1-6-27(7-2)16-18-10-8-17(9-11-18)15-25-22(28)19-12-13-20(24)21(14-19)31(29,30)26-23(3,4)5/h8-14,26H,6-7,15-16H2,1-5H3,(H,25,28). The summed E-state index contributed by atoms with van der Waals surface area (Å²) in [7, 11) is -3.86. The van der Waals surface area contributed by atoms with Crippen molar-refractivity contribution in [2.24, 2.45) is 0 Å². The Kier molecular flexibility index (Phi) is 8.65. The molecule has 2 rings (SSSR count). The summed E-state index contributed by atoms with van der Waals surface area (Å²) in [6.45, 7) is 12.7. The molecule has 8 heteroatoms. The van der Waals surface area contributed by atoms with Crippen LogP contribution in [0.2, 0.25) is 5.02 Å². The Morgan fingerprint density at radius 2 is 1.58 bits per heavy atom. The molecule has 2 aromatic rings. The van der Waals surface area contributed by atoms with Crippen LogP contribution in [0.15, 0.2) is 47.4 Å². The molecule has 0 heterocycles. The zero-order valence-electron chi connectivity index (χ0n) is 18.8. The van der Waals surface area contributed by atoms with E-state index in [9.17, 15) is 13.2 Å². The van der Waals surface area contributed by atoms with E-state index in [-0.39, 0.29) is 21.4 Å². The molecule has 0 aliphatic carbocycles. The summed E-state index contributed by atoms with van der Waals surface area (Å²) in [5, 5.41) is 2.90. The number of halogens is 1. The number of hydrogen-bond acceptors (Lipinski definition) is 4. The Balaban J connectivity index is 2.08. The number of sulfonamides is 1. The maximum Gasteiger partial charge on any atom is 0.251 e. The van der Waals surface area contributed by atoms with Gasteiger partial charge in [0.25, 0.3) is 5.91 Å². The summed E-state index contributed by atoms with van der Waals surface area (Å²) in [6, 6.07) is 12.3. The molecule has 31 heavy (non-hydrogen) atoms. The molecule has 0 aromatic heterocycles. The largest absolute Gasteiger partial charge is 0.348 e. The zero-order chi connectivity index (χ0) is 23.2. The molecule has 0 unspecified atom stereocenters. The van der Waals surface area contributed by atoms with Gasteiger partial charge >= 0.3 is 0 Å². The monoisotopic (exact) mass is 465 g/mol. The van der Waals surface area contributed by atoms with Crippen LogP contribution in [0.1, 0.15) is 56.1 Å². The molecule has 0 aliphatic heterocycles. The molecule has 170 valence electrons. The van der Waals surface area contributed by atoms with Crippen LogP contribution in [0, 0.1) is 0 Å². The van der Waals surface area contributed by atoms with Crippen molar-refractivity contribution in [3.05, 3.63) is 64.2 Å². The lowest BCUT2D eigenvalue weighted by Gasteiger charge is -2.21. The van der Waals surface area contributed by atoms with Crippen molar-refractivity contribution in [1.82, 2.24) is 14.9 Å². The highest BCUT2D eigenvalue weighted by Crippen LogP contribution is 2.24. The topological polar surface area (TPSA) is 78.5 Å². The van der Waals surface area contributed by atoms with E-state index in [4.69, 9.17) is 11.6 Å². The number of nitrogens with one attached hydrogen (secondary N) is 2. The lowest BCUT2D eigenvalue weighted by Crippen LogP contribution is -2.40. The van der Waals surface area contributed by atoms with Crippen molar-refractivity contribution in [2.45, 2.75) is 58.1 Å². The van der Waals surface area contributed by atoms with Gasteiger partial charge in [-0.25, -0.2) is 13.1 Å². The van der Waals surface area contributed by atoms with E-state index < -0.39 is 15.6 Å². The third-order valence-corrected chi connectivity index (χ3v) is 6.94. The molecule has 0 spiro atoms. The van der Waals surface area contributed by atoms with Crippen LogP contribution in [0.3, 0.4) is 0 Å². The van der Waals surface area contributed by atoms with Crippen molar-refractivity contribution < 1.29 is 13.2 Å². The van der Waals surface area contributed by atoms with E-state index in [2.05, 4.69) is 40.9 Å².